The van der Waals surface area contributed by atoms with Crippen molar-refractivity contribution in [3.05, 3.63) is 60.4 Å². The molecular weight excluding hydrogens is 296 g/mol. The molecule has 2 heterocycles. The summed E-state index contributed by atoms with van der Waals surface area (Å²) in [5.74, 6) is 2.27. The topological polar surface area (TPSA) is 57.9 Å². The van der Waals surface area contributed by atoms with Crippen LogP contribution in [0.4, 0.5) is 0 Å². The molecule has 0 spiro atoms. The maximum atomic E-state index is 11.9. The summed E-state index contributed by atoms with van der Waals surface area (Å²) in [6, 6.07) is 14.2. The van der Waals surface area contributed by atoms with Gasteiger partial charge in [0.2, 0.25) is 0 Å². The van der Waals surface area contributed by atoms with Crippen LogP contribution < -0.4 is 9.47 Å². The summed E-state index contributed by atoms with van der Waals surface area (Å²) < 4.78 is 22.1. The Bertz CT molecular complexity index is 880. The van der Waals surface area contributed by atoms with E-state index in [0.29, 0.717) is 39.9 Å². The van der Waals surface area contributed by atoms with E-state index in [0.717, 1.165) is 0 Å². The number of hydrogen-bond acceptors (Lipinski definition) is 5. The van der Waals surface area contributed by atoms with Crippen LogP contribution in [0.1, 0.15) is 10.4 Å². The monoisotopic (exact) mass is 308 g/mol. The van der Waals surface area contributed by atoms with Crippen molar-refractivity contribution in [2.24, 2.45) is 0 Å². The first-order chi connectivity index (χ1) is 11.3. The molecule has 0 radical (unpaired) electrons. The van der Waals surface area contributed by atoms with Crippen LogP contribution in [0.25, 0.3) is 11.3 Å². The van der Waals surface area contributed by atoms with Gasteiger partial charge in [0.25, 0.3) is 0 Å². The highest BCUT2D eigenvalue weighted by Gasteiger charge is 2.26. The average Bonchev–Trinajstić information content (AvgIpc) is 3.12. The van der Waals surface area contributed by atoms with Crippen molar-refractivity contribution in [1.82, 2.24) is 0 Å². The molecule has 0 saturated heterocycles. The molecule has 1 aliphatic rings. The van der Waals surface area contributed by atoms with Crippen LogP contribution in [0.5, 0.6) is 23.0 Å². The highest BCUT2D eigenvalue weighted by Crippen LogP contribution is 2.50. The lowest BCUT2D eigenvalue weighted by Gasteiger charge is -2.22. The fourth-order valence-corrected chi connectivity index (χ4v) is 2.48. The standard InChI is InChI=1S/C18H12O5/c1-20-18(19)11-9-12(13-7-4-8-21-13)17-16(10-11)22-14-5-2-3-6-15(14)23-17/h2-10H,1H3. The summed E-state index contributed by atoms with van der Waals surface area (Å²) in [5, 5.41) is 0. The number of rotatable bonds is 2. The number of ether oxygens (including phenoxy) is 3. The van der Waals surface area contributed by atoms with Gasteiger partial charge in [-0.15, -0.1) is 0 Å². The number of fused-ring (bicyclic) bond motifs is 2. The van der Waals surface area contributed by atoms with Crippen molar-refractivity contribution >= 4 is 5.97 Å². The number of esters is 1. The van der Waals surface area contributed by atoms with Gasteiger partial charge in [0, 0.05) is 0 Å². The fraction of sp³-hybridized carbons (Fsp3) is 0.0556. The summed E-state index contributed by atoms with van der Waals surface area (Å²) in [5.41, 5.74) is 0.989. The lowest BCUT2D eigenvalue weighted by molar-refractivity contribution is 0.0600. The summed E-state index contributed by atoms with van der Waals surface area (Å²) in [7, 11) is 1.33. The van der Waals surface area contributed by atoms with Gasteiger partial charge in [0.15, 0.2) is 23.0 Å². The largest absolute Gasteiger partial charge is 0.465 e. The SMILES string of the molecule is COC(=O)c1cc2c(c(-c3ccco3)c1)Oc1ccccc1O2. The number of benzene rings is 2. The van der Waals surface area contributed by atoms with Crippen molar-refractivity contribution in [2.45, 2.75) is 0 Å². The number of methoxy groups -OCH3 is 1. The van der Waals surface area contributed by atoms with Crippen molar-refractivity contribution in [3.8, 4) is 34.3 Å². The van der Waals surface area contributed by atoms with Crippen molar-refractivity contribution in [2.75, 3.05) is 7.11 Å². The normalized spacial score (nSPS) is 11.7. The minimum atomic E-state index is -0.455. The van der Waals surface area contributed by atoms with E-state index >= 15 is 0 Å². The minimum Gasteiger partial charge on any atom is -0.465 e. The van der Waals surface area contributed by atoms with Crippen LogP contribution in [0, 0.1) is 0 Å². The molecule has 4 rings (SSSR count). The van der Waals surface area contributed by atoms with Crippen LogP contribution in [-0.2, 0) is 4.74 Å². The second-order valence-corrected chi connectivity index (χ2v) is 4.97. The van der Waals surface area contributed by atoms with Gasteiger partial charge in [0.05, 0.1) is 24.5 Å². The van der Waals surface area contributed by atoms with E-state index in [1.807, 2.05) is 18.2 Å². The number of carbonyl (C=O) groups is 1. The van der Waals surface area contributed by atoms with Gasteiger partial charge in [-0.2, -0.15) is 0 Å². The zero-order valence-electron chi connectivity index (χ0n) is 12.2. The highest BCUT2D eigenvalue weighted by molar-refractivity contribution is 5.93. The summed E-state index contributed by atoms with van der Waals surface area (Å²) in [6.45, 7) is 0. The Morgan fingerprint density at radius 2 is 1.74 bits per heavy atom. The molecule has 2 aromatic carbocycles. The van der Waals surface area contributed by atoms with Crippen LogP contribution in [0.2, 0.25) is 0 Å². The van der Waals surface area contributed by atoms with Crippen molar-refractivity contribution in [1.29, 1.82) is 0 Å². The fourth-order valence-electron chi connectivity index (χ4n) is 2.48. The van der Waals surface area contributed by atoms with Gasteiger partial charge in [-0.1, -0.05) is 12.1 Å². The summed E-state index contributed by atoms with van der Waals surface area (Å²) >= 11 is 0. The molecule has 0 amide bonds. The molecule has 3 aromatic rings. The van der Waals surface area contributed by atoms with Gasteiger partial charge in [-0.3, -0.25) is 0 Å². The second-order valence-electron chi connectivity index (χ2n) is 4.97. The molecule has 1 aliphatic heterocycles. The lowest BCUT2D eigenvalue weighted by Crippen LogP contribution is -2.05. The van der Waals surface area contributed by atoms with E-state index in [-0.39, 0.29) is 0 Å². The Labute approximate surface area is 132 Å². The molecule has 0 atom stereocenters. The first-order valence-electron chi connectivity index (χ1n) is 7.01. The minimum absolute atomic E-state index is 0.362. The molecular formula is C18H12O5. The molecule has 0 saturated carbocycles. The quantitative estimate of drug-likeness (QED) is 0.505. The average molecular weight is 308 g/mol. The van der Waals surface area contributed by atoms with Gasteiger partial charge in [0.1, 0.15) is 5.76 Å². The maximum Gasteiger partial charge on any atom is 0.338 e. The van der Waals surface area contributed by atoms with Gasteiger partial charge >= 0.3 is 5.97 Å². The molecule has 0 unspecified atom stereocenters. The molecule has 114 valence electrons. The second kappa shape index (κ2) is 5.21. The number of furan rings is 1. The van der Waals surface area contributed by atoms with E-state index < -0.39 is 5.97 Å². The van der Waals surface area contributed by atoms with Crippen molar-refractivity contribution in [3.63, 3.8) is 0 Å². The van der Waals surface area contributed by atoms with Crippen molar-refractivity contribution < 1.29 is 23.4 Å². The zero-order chi connectivity index (χ0) is 15.8. The molecule has 1 aromatic heterocycles. The first kappa shape index (κ1) is 13.5. The van der Waals surface area contributed by atoms with E-state index in [2.05, 4.69) is 0 Å². The Kier molecular flexibility index (Phi) is 3.05. The van der Waals surface area contributed by atoms with E-state index in [4.69, 9.17) is 18.6 Å². The third kappa shape index (κ3) is 2.23. The number of hydrogen-bond donors (Lipinski definition) is 0. The first-order valence-corrected chi connectivity index (χ1v) is 7.01. The predicted molar refractivity (Wildman–Crippen MR) is 82.1 cm³/mol. The van der Waals surface area contributed by atoms with Gasteiger partial charge in [-0.25, -0.2) is 4.79 Å². The Morgan fingerprint density at radius 3 is 2.43 bits per heavy atom. The molecule has 23 heavy (non-hydrogen) atoms. The molecule has 5 heteroatoms. The number of carbonyl (C=O) groups excluding carboxylic acids is 1. The maximum absolute atomic E-state index is 11.9. The molecule has 0 bridgehead atoms. The van der Waals surface area contributed by atoms with Crippen LogP contribution in [0.15, 0.2) is 59.2 Å². The third-order valence-corrected chi connectivity index (χ3v) is 3.54. The zero-order valence-corrected chi connectivity index (χ0v) is 12.2. The third-order valence-electron chi connectivity index (χ3n) is 3.54. The molecule has 5 nitrogen and oxygen atoms in total. The Hall–Kier alpha value is -3.21. The smallest absolute Gasteiger partial charge is 0.338 e. The van der Waals surface area contributed by atoms with Gasteiger partial charge in [-0.05, 0) is 36.4 Å². The van der Waals surface area contributed by atoms with E-state index in [9.17, 15) is 4.79 Å². The molecule has 0 fully saturated rings. The van der Waals surface area contributed by atoms with Crippen LogP contribution in [-0.4, -0.2) is 13.1 Å². The summed E-state index contributed by atoms with van der Waals surface area (Å²) in [4.78, 5) is 11.9. The molecule has 0 N–H and O–H groups in total. The highest BCUT2D eigenvalue weighted by atomic mass is 16.6. The Balaban J connectivity index is 1.91. The van der Waals surface area contributed by atoms with Crippen LogP contribution >= 0.6 is 0 Å². The summed E-state index contributed by atoms with van der Waals surface area (Å²) in [6.07, 6.45) is 1.56. The van der Waals surface area contributed by atoms with Gasteiger partial charge < -0.3 is 18.6 Å². The van der Waals surface area contributed by atoms with Crippen LogP contribution in [0.3, 0.4) is 0 Å². The van der Waals surface area contributed by atoms with E-state index in [1.54, 1.807) is 36.6 Å². The lowest BCUT2D eigenvalue weighted by atomic mass is 10.1. The number of para-hydroxylation sites is 2. The Morgan fingerprint density at radius 1 is 0.957 bits per heavy atom. The van der Waals surface area contributed by atoms with E-state index in [1.165, 1.54) is 7.11 Å². The molecule has 0 aliphatic carbocycles. The predicted octanol–water partition coefficient (Wildman–Crippen LogP) is 4.63.